The van der Waals surface area contributed by atoms with Crippen molar-refractivity contribution in [2.75, 3.05) is 18.0 Å². The number of benzene rings is 3. The summed E-state index contributed by atoms with van der Waals surface area (Å²) in [4.78, 5) is 3.84. The molecule has 0 saturated heterocycles. The first kappa shape index (κ1) is 40.2. The molecule has 1 aliphatic carbocycles. The van der Waals surface area contributed by atoms with Crippen LogP contribution in [-0.2, 0) is 10.8 Å². The molecule has 1 aromatic heterocycles. The SMILES string of the molecule is CCCCCN1/C(=C/C=C2\CCC(/C=C/C3=[N+](CCCCC)c4ccc(I)cc4C3(C)C)=C2Sc2nnnn2-c2ccccc2)C(C)(C)c2cc(I)ccc21. The van der Waals surface area contributed by atoms with E-state index < -0.39 is 0 Å². The minimum atomic E-state index is -0.103. The number of hydrogen-bond acceptors (Lipinski definition) is 5. The van der Waals surface area contributed by atoms with Crippen LogP contribution in [0.5, 0.6) is 0 Å². The van der Waals surface area contributed by atoms with Gasteiger partial charge in [-0.15, -0.1) is 5.10 Å². The lowest BCUT2D eigenvalue weighted by molar-refractivity contribution is -0.438. The quantitative estimate of drug-likeness (QED) is 0.0716. The summed E-state index contributed by atoms with van der Waals surface area (Å²) in [6.07, 6.45) is 18.8. The average molecular weight is 976 g/mol. The first-order chi connectivity index (χ1) is 26.5. The van der Waals surface area contributed by atoms with Crippen LogP contribution >= 0.6 is 56.9 Å². The van der Waals surface area contributed by atoms with Crippen LogP contribution in [0.4, 0.5) is 11.4 Å². The second kappa shape index (κ2) is 17.2. The van der Waals surface area contributed by atoms with Crippen molar-refractivity contribution in [1.29, 1.82) is 0 Å². The van der Waals surface area contributed by atoms with Crippen molar-refractivity contribution in [3.63, 3.8) is 0 Å². The molecule has 0 atom stereocenters. The lowest BCUT2D eigenvalue weighted by atomic mass is 9.81. The van der Waals surface area contributed by atoms with Crippen LogP contribution in [0.15, 0.2) is 118 Å². The maximum Gasteiger partial charge on any atom is 0.218 e. The van der Waals surface area contributed by atoms with Crippen molar-refractivity contribution in [3.05, 3.63) is 131 Å². The van der Waals surface area contributed by atoms with Gasteiger partial charge in [-0.05, 0) is 172 Å². The lowest BCUT2D eigenvalue weighted by Gasteiger charge is -2.27. The number of tetrazole rings is 1. The number of hydrogen-bond donors (Lipinski definition) is 0. The van der Waals surface area contributed by atoms with Gasteiger partial charge < -0.3 is 4.90 Å². The predicted molar refractivity (Wildman–Crippen MR) is 247 cm³/mol. The molecule has 0 radical (unpaired) electrons. The van der Waals surface area contributed by atoms with Gasteiger partial charge in [-0.1, -0.05) is 77.3 Å². The van der Waals surface area contributed by atoms with Gasteiger partial charge in [0.05, 0.1) is 11.1 Å². The predicted octanol–water partition coefficient (Wildman–Crippen LogP) is 12.6. The summed E-state index contributed by atoms with van der Waals surface area (Å²) < 4.78 is 7.02. The van der Waals surface area contributed by atoms with Crippen molar-refractivity contribution in [2.45, 2.75) is 109 Å². The fraction of sp³-hybridized carbons (Fsp3) is 0.391. The molecule has 7 rings (SSSR count). The van der Waals surface area contributed by atoms with Crippen LogP contribution in [0.25, 0.3) is 5.69 Å². The molecule has 2 aliphatic heterocycles. The summed E-state index contributed by atoms with van der Waals surface area (Å²) in [5, 5.41) is 13.9. The molecule has 9 heteroatoms. The van der Waals surface area contributed by atoms with E-state index in [9.17, 15) is 0 Å². The summed E-state index contributed by atoms with van der Waals surface area (Å²) in [6, 6.07) is 24.1. The third-order valence-corrected chi connectivity index (χ3v) is 14.0. The van der Waals surface area contributed by atoms with E-state index in [2.05, 4.69) is 185 Å². The molecular formula is C46H53I2N6S+. The minimum Gasteiger partial charge on any atom is -0.344 e. The second-order valence-corrected chi connectivity index (χ2v) is 19.4. The Bertz CT molecular complexity index is 2210. The van der Waals surface area contributed by atoms with Gasteiger partial charge in [0, 0.05) is 59.5 Å². The molecule has 3 heterocycles. The number of anilines is 1. The zero-order valence-corrected chi connectivity index (χ0v) is 38.2. The molecule has 286 valence electrons. The number of thioether (sulfide) groups is 1. The van der Waals surface area contributed by atoms with Crippen LogP contribution in [0.1, 0.15) is 104 Å². The van der Waals surface area contributed by atoms with E-state index in [1.807, 2.05) is 22.9 Å². The van der Waals surface area contributed by atoms with Crippen LogP contribution < -0.4 is 4.90 Å². The molecule has 55 heavy (non-hydrogen) atoms. The van der Waals surface area contributed by atoms with Crippen LogP contribution in [0.3, 0.4) is 0 Å². The Morgan fingerprint density at radius 2 is 1.53 bits per heavy atom. The molecule has 0 spiro atoms. The fourth-order valence-corrected chi connectivity index (χ4v) is 10.5. The fourth-order valence-electron chi connectivity index (χ4n) is 8.39. The van der Waals surface area contributed by atoms with Gasteiger partial charge in [0.1, 0.15) is 6.54 Å². The minimum absolute atomic E-state index is 0.103. The Labute approximate surface area is 359 Å². The normalized spacial score (nSPS) is 18.8. The molecule has 6 nitrogen and oxygen atoms in total. The van der Waals surface area contributed by atoms with Gasteiger partial charge in [0.15, 0.2) is 5.71 Å². The van der Waals surface area contributed by atoms with Crippen molar-refractivity contribution < 1.29 is 4.58 Å². The monoisotopic (exact) mass is 975 g/mol. The Balaban J connectivity index is 1.32. The summed E-state index contributed by atoms with van der Waals surface area (Å²) in [7, 11) is 0. The summed E-state index contributed by atoms with van der Waals surface area (Å²) >= 11 is 6.61. The van der Waals surface area contributed by atoms with Gasteiger partial charge in [-0.25, -0.2) is 0 Å². The van der Waals surface area contributed by atoms with Crippen molar-refractivity contribution >= 4 is 74.0 Å². The van der Waals surface area contributed by atoms with Crippen LogP contribution in [0, 0.1) is 7.14 Å². The highest BCUT2D eigenvalue weighted by Gasteiger charge is 2.44. The average Bonchev–Trinajstić information content (AvgIpc) is 3.89. The molecule has 0 bridgehead atoms. The number of nitrogens with zero attached hydrogens (tertiary/aromatic N) is 6. The Hall–Kier alpha value is -3.03. The van der Waals surface area contributed by atoms with Gasteiger partial charge in [0.2, 0.25) is 10.8 Å². The van der Waals surface area contributed by atoms with Crippen molar-refractivity contribution in [3.8, 4) is 5.69 Å². The Morgan fingerprint density at radius 3 is 2.29 bits per heavy atom. The highest BCUT2D eigenvalue weighted by molar-refractivity contribution is 14.1. The number of rotatable bonds is 14. The third-order valence-electron chi connectivity index (χ3n) is 11.4. The summed E-state index contributed by atoms with van der Waals surface area (Å²) in [5.41, 5.74) is 11.7. The van der Waals surface area contributed by atoms with Gasteiger partial charge in [-0.3, -0.25) is 0 Å². The van der Waals surface area contributed by atoms with E-state index in [1.165, 1.54) is 95.6 Å². The number of para-hydroxylation sites is 1. The van der Waals surface area contributed by atoms with Gasteiger partial charge >= 0.3 is 0 Å². The highest BCUT2D eigenvalue weighted by atomic mass is 127. The molecule has 3 aliphatic rings. The highest BCUT2D eigenvalue weighted by Crippen LogP contribution is 2.49. The Morgan fingerprint density at radius 1 is 0.800 bits per heavy atom. The van der Waals surface area contributed by atoms with E-state index in [-0.39, 0.29) is 10.8 Å². The van der Waals surface area contributed by atoms with Gasteiger partial charge in [0.25, 0.3) is 0 Å². The molecule has 0 fully saturated rings. The van der Waals surface area contributed by atoms with E-state index in [4.69, 9.17) is 0 Å². The largest absolute Gasteiger partial charge is 0.344 e. The number of fused-ring (bicyclic) bond motifs is 2. The van der Waals surface area contributed by atoms with Gasteiger partial charge in [-0.2, -0.15) is 9.26 Å². The molecule has 0 saturated carbocycles. The summed E-state index contributed by atoms with van der Waals surface area (Å²) in [5.74, 6) is 0. The van der Waals surface area contributed by atoms with Crippen molar-refractivity contribution in [1.82, 2.24) is 20.2 Å². The first-order valence-electron chi connectivity index (χ1n) is 19.9. The molecule has 0 amide bonds. The molecule has 0 unspecified atom stereocenters. The third kappa shape index (κ3) is 8.22. The van der Waals surface area contributed by atoms with E-state index >= 15 is 0 Å². The van der Waals surface area contributed by atoms with Crippen LogP contribution in [0.2, 0.25) is 0 Å². The second-order valence-electron chi connectivity index (χ2n) is 15.9. The topological polar surface area (TPSA) is 49.9 Å². The molecule has 0 N–H and O–H groups in total. The molecule has 4 aromatic rings. The smallest absolute Gasteiger partial charge is 0.218 e. The Kier molecular flexibility index (Phi) is 12.6. The molecular weight excluding hydrogens is 922 g/mol. The summed E-state index contributed by atoms with van der Waals surface area (Å²) in [6.45, 7) is 16.2. The standard InChI is InChI=1S/C46H53I2N6S/c1-7-9-14-28-52-39-24-22-34(47)30-37(39)45(3,4)41(52)26-20-32-18-19-33(43(32)55-44-49-50-51-54(44)36-16-12-11-13-17-36)21-27-42-46(5,6)38-31-35(48)23-25-40(38)53(42)29-15-10-8-2/h11-13,16-17,20-27,30-31H,7-10,14-15,18-19,28-29H2,1-6H3/q+1. The lowest BCUT2D eigenvalue weighted by Crippen LogP contribution is -2.28. The van der Waals surface area contributed by atoms with Crippen LogP contribution in [-0.4, -0.2) is 43.6 Å². The van der Waals surface area contributed by atoms with E-state index in [0.29, 0.717) is 0 Å². The zero-order valence-electron chi connectivity index (χ0n) is 33.1. The molecule has 3 aromatic carbocycles. The number of halogens is 2. The number of allylic oxidation sites excluding steroid dienone is 7. The number of aromatic nitrogens is 4. The maximum atomic E-state index is 4.57. The first-order valence-corrected chi connectivity index (χ1v) is 22.9. The maximum absolute atomic E-state index is 4.57. The van der Waals surface area contributed by atoms with Crippen molar-refractivity contribution in [2.24, 2.45) is 0 Å². The van der Waals surface area contributed by atoms with E-state index in [0.717, 1.165) is 36.8 Å². The number of unbranched alkanes of at least 4 members (excludes halogenated alkanes) is 4. The zero-order chi connectivity index (χ0) is 38.7. The van der Waals surface area contributed by atoms with E-state index in [1.54, 1.807) is 11.8 Å².